The van der Waals surface area contributed by atoms with Gasteiger partial charge in [0.25, 0.3) is 0 Å². The number of methoxy groups -OCH3 is 1. The Morgan fingerprint density at radius 1 is 1.19 bits per heavy atom. The van der Waals surface area contributed by atoms with E-state index in [1.807, 2.05) is 39.8 Å². The lowest BCUT2D eigenvalue weighted by molar-refractivity contribution is -0.142. The van der Waals surface area contributed by atoms with Crippen LogP contribution in [-0.4, -0.2) is 35.9 Å². The lowest BCUT2D eigenvalue weighted by atomic mass is 10.1. The Hall–Kier alpha value is -1.34. The van der Waals surface area contributed by atoms with Gasteiger partial charge in [0.15, 0.2) is 5.12 Å². The Kier molecular flexibility index (Phi) is 9.53. The largest absolute Gasteiger partial charge is 0.467 e. The number of nitrogens with zero attached hydrogens (tertiary/aromatic N) is 1. The quantitative estimate of drug-likeness (QED) is 0.531. The molecule has 0 radical (unpaired) electrons. The molecule has 0 fully saturated rings. The number of anilines is 1. The molecular weight excluding hydrogens is 430 g/mol. The van der Waals surface area contributed by atoms with Crippen molar-refractivity contribution in [3.05, 3.63) is 27.7 Å². The molecule has 0 aromatic heterocycles. The van der Waals surface area contributed by atoms with Gasteiger partial charge in [0, 0.05) is 10.4 Å². The number of amides is 1. The first kappa shape index (κ1) is 23.7. The smallest absolute Gasteiger partial charge is 0.328 e. The van der Waals surface area contributed by atoms with Crippen LogP contribution in [0, 0.1) is 19.8 Å². The minimum absolute atomic E-state index is 0.0118. The Balaban J connectivity index is 3.21. The average Bonchev–Trinajstić information content (AvgIpc) is 2.66. The lowest BCUT2D eigenvalue weighted by Gasteiger charge is -2.30. The van der Waals surface area contributed by atoms with Gasteiger partial charge in [-0.25, -0.2) is 4.79 Å². The number of ether oxygens (including phenoxy) is 1. The SMILES string of the molecule is CCC(CC)C(=O)SCC(=O)N(c1c(C)ccc(Br)c1C)[C@@H](C)C(=O)OC. The van der Waals surface area contributed by atoms with Gasteiger partial charge in [-0.2, -0.15) is 0 Å². The summed E-state index contributed by atoms with van der Waals surface area (Å²) >= 11 is 4.51. The lowest BCUT2D eigenvalue weighted by Crippen LogP contribution is -2.46. The van der Waals surface area contributed by atoms with Gasteiger partial charge < -0.3 is 4.74 Å². The Labute approximate surface area is 174 Å². The van der Waals surface area contributed by atoms with Gasteiger partial charge in [-0.3, -0.25) is 14.5 Å². The fourth-order valence-electron chi connectivity index (χ4n) is 2.93. The summed E-state index contributed by atoms with van der Waals surface area (Å²) in [5, 5.41) is 0.0155. The normalized spacial score (nSPS) is 12.0. The Bertz CT molecular complexity index is 703. The van der Waals surface area contributed by atoms with Crippen LogP contribution >= 0.6 is 27.7 Å². The second kappa shape index (κ2) is 10.9. The summed E-state index contributed by atoms with van der Waals surface area (Å²) in [6.45, 7) is 9.35. The van der Waals surface area contributed by atoms with Gasteiger partial charge in [0.2, 0.25) is 5.91 Å². The molecule has 0 unspecified atom stereocenters. The number of carbonyl (C=O) groups is 3. The van der Waals surface area contributed by atoms with Crippen LogP contribution in [0.25, 0.3) is 0 Å². The molecule has 0 saturated heterocycles. The molecule has 150 valence electrons. The molecule has 1 atom stereocenters. The van der Waals surface area contributed by atoms with Crippen molar-refractivity contribution in [1.29, 1.82) is 0 Å². The van der Waals surface area contributed by atoms with Crippen molar-refractivity contribution in [1.82, 2.24) is 0 Å². The third kappa shape index (κ3) is 5.82. The first-order valence-corrected chi connectivity index (χ1v) is 10.8. The number of thioether (sulfide) groups is 1. The summed E-state index contributed by atoms with van der Waals surface area (Å²) < 4.78 is 5.70. The minimum Gasteiger partial charge on any atom is -0.467 e. The molecule has 0 aliphatic rings. The number of carbonyl (C=O) groups excluding carboxylic acids is 3. The van der Waals surface area contributed by atoms with Crippen molar-refractivity contribution in [3.8, 4) is 0 Å². The van der Waals surface area contributed by atoms with E-state index in [4.69, 9.17) is 4.74 Å². The zero-order valence-electron chi connectivity index (χ0n) is 16.8. The van der Waals surface area contributed by atoms with E-state index in [0.717, 1.165) is 40.2 Å². The molecule has 1 amide bonds. The van der Waals surface area contributed by atoms with Crippen LogP contribution in [0.2, 0.25) is 0 Å². The van der Waals surface area contributed by atoms with Gasteiger partial charge in [-0.1, -0.05) is 47.6 Å². The van der Waals surface area contributed by atoms with E-state index in [9.17, 15) is 14.4 Å². The highest BCUT2D eigenvalue weighted by molar-refractivity contribution is 9.10. The fourth-order valence-corrected chi connectivity index (χ4v) is 4.23. The van der Waals surface area contributed by atoms with Gasteiger partial charge >= 0.3 is 5.97 Å². The molecule has 0 bridgehead atoms. The van der Waals surface area contributed by atoms with Crippen molar-refractivity contribution < 1.29 is 19.1 Å². The molecule has 1 aromatic rings. The zero-order chi connectivity index (χ0) is 20.7. The molecule has 0 N–H and O–H groups in total. The summed E-state index contributed by atoms with van der Waals surface area (Å²) in [4.78, 5) is 39.0. The maximum absolute atomic E-state index is 13.1. The van der Waals surface area contributed by atoms with E-state index in [2.05, 4.69) is 15.9 Å². The first-order chi connectivity index (χ1) is 12.7. The summed E-state index contributed by atoms with van der Waals surface area (Å²) in [7, 11) is 1.30. The average molecular weight is 458 g/mol. The number of esters is 1. The summed E-state index contributed by atoms with van der Waals surface area (Å²) in [5.41, 5.74) is 2.40. The predicted molar refractivity (Wildman–Crippen MR) is 114 cm³/mol. The molecule has 0 aliphatic carbocycles. The van der Waals surface area contributed by atoms with E-state index in [-0.39, 0.29) is 22.7 Å². The Morgan fingerprint density at radius 3 is 2.30 bits per heavy atom. The summed E-state index contributed by atoms with van der Waals surface area (Å²) in [6, 6.07) is 3.00. The fraction of sp³-hybridized carbons (Fsp3) is 0.550. The monoisotopic (exact) mass is 457 g/mol. The molecule has 0 spiro atoms. The van der Waals surface area contributed by atoms with Crippen molar-refractivity contribution in [2.75, 3.05) is 17.8 Å². The van der Waals surface area contributed by atoms with Crippen molar-refractivity contribution in [2.45, 2.75) is 53.5 Å². The van der Waals surface area contributed by atoms with Crippen LogP contribution in [0.15, 0.2) is 16.6 Å². The number of hydrogen-bond acceptors (Lipinski definition) is 5. The Morgan fingerprint density at radius 2 is 1.78 bits per heavy atom. The van der Waals surface area contributed by atoms with E-state index < -0.39 is 12.0 Å². The number of hydrogen-bond donors (Lipinski definition) is 0. The molecule has 27 heavy (non-hydrogen) atoms. The third-order valence-electron chi connectivity index (χ3n) is 4.66. The van der Waals surface area contributed by atoms with Crippen LogP contribution in [0.4, 0.5) is 5.69 Å². The van der Waals surface area contributed by atoms with E-state index in [1.54, 1.807) is 6.92 Å². The van der Waals surface area contributed by atoms with Gasteiger partial charge in [-0.15, -0.1) is 0 Å². The van der Waals surface area contributed by atoms with Gasteiger partial charge in [0.05, 0.1) is 18.6 Å². The number of benzene rings is 1. The molecule has 1 rings (SSSR count). The van der Waals surface area contributed by atoms with E-state index in [1.165, 1.54) is 12.0 Å². The van der Waals surface area contributed by atoms with Crippen LogP contribution in [-0.2, 0) is 19.1 Å². The molecule has 0 aliphatic heterocycles. The summed E-state index contributed by atoms with van der Waals surface area (Å²) in [5.74, 6) is -0.856. The second-order valence-electron chi connectivity index (χ2n) is 6.42. The molecule has 7 heteroatoms. The third-order valence-corrected chi connectivity index (χ3v) is 6.53. The molecular formula is C20H28BrNO4S. The van der Waals surface area contributed by atoms with Crippen LogP contribution in [0.1, 0.15) is 44.7 Å². The van der Waals surface area contributed by atoms with Crippen molar-refractivity contribution in [2.24, 2.45) is 5.92 Å². The first-order valence-electron chi connectivity index (χ1n) is 9.01. The molecule has 0 saturated carbocycles. The van der Waals surface area contributed by atoms with E-state index in [0.29, 0.717) is 5.69 Å². The maximum atomic E-state index is 13.1. The number of halogens is 1. The van der Waals surface area contributed by atoms with E-state index >= 15 is 0 Å². The highest BCUT2D eigenvalue weighted by Gasteiger charge is 2.31. The highest BCUT2D eigenvalue weighted by Crippen LogP contribution is 2.33. The van der Waals surface area contributed by atoms with Crippen LogP contribution in [0.5, 0.6) is 0 Å². The second-order valence-corrected chi connectivity index (χ2v) is 8.26. The minimum atomic E-state index is -0.793. The van der Waals surface area contributed by atoms with Gasteiger partial charge in [0.1, 0.15) is 6.04 Å². The summed E-state index contributed by atoms with van der Waals surface area (Å²) in [6.07, 6.45) is 1.51. The molecule has 1 aromatic carbocycles. The number of aryl methyl sites for hydroxylation is 1. The predicted octanol–water partition coefficient (Wildman–Crippen LogP) is 4.66. The zero-order valence-corrected chi connectivity index (χ0v) is 19.2. The topological polar surface area (TPSA) is 63.7 Å². The van der Waals surface area contributed by atoms with Crippen LogP contribution in [0.3, 0.4) is 0 Å². The van der Waals surface area contributed by atoms with Crippen molar-refractivity contribution in [3.63, 3.8) is 0 Å². The molecule has 5 nitrogen and oxygen atoms in total. The number of rotatable bonds is 8. The highest BCUT2D eigenvalue weighted by atomic mass is 79.9. The standard InChI is InChI=1S/C20H28BrNO4S/c1-7-15(8-2)20(25)27-11-17(23)22(14(5)19(24)26-6)18-12(3)9-10-16(21)13(18)4/h9-10,14-15H,7-8,11H2,1-6H3/t14-/m0/s1. The van der Waals surface area contributed by atoms with Crippen LogP contribution < -0.4 is 4.90 Å². The van der Waals surface area contributed by atoms with Gasteiger partial charge in [-0.05, 0) is 50.8 Å². The maximum Gasteiger partial charge on any atom is 0.328 e. The van der Waals surface area contributed by atoms with Crippen molar-refractivity contribution >= 4 is 50.4 Å². The molecule has 0 heterocycles.